The van der Waals surface area contributed by atoms with E-state index in [0.717, 1.165) is 18.9 Å². The van der Waals surface area contributed by atoms with Crippen LogP contribution in [0.4, 0.5) is 0 Å². The highest BCUT2D eigenvalue weighted by molar-refractivity contribution is 9.10. The second-order valence-corrected chi connectivity index (χ2v) is 6.45. The molecule has 96 valence electrons. The van der Waals surface area contributed by atoms with Gasteiger partial charge < -0.3 is 5.32 Å². The van der Waals surface area contributed by atoms with Gasteiger partial charge in [-0.25, -0.2) is 0 Å². The average molecular weight is 316 g/mol. The van der Waals surface area contributed by atoms with Crippen molar-refractivity contribution in [3.05, 3.63) is 34.3 Å². The van der Waals surface area contributed by atoms with Crippen molar-refractivity contribution in [1.82, 2.24) is 5.32 Å². The first kappa shape index (κ1) is 15.1. The van der Waals surface area contributed by atoms with Crippen molar-refractivity contribution in [1.29, 1.82) is 0 Å². The summed E-state index contributed by atoms with van der Waals surface area (Å²) in [5.74, 6) is 3.23. The van der Waals surface area contributed by atoms with E-state index in [1.165, 1.54) is 28.0 Å². The second kappa shape index (κ2) is 9.01. The van der Waals surface area contributed by atoms with Crippen LogP contribution in [-0.4, -0.2) is 25.1 Å². The lowest BCUT2D eigenvalue weighted by Gasteiger charge is -2.17. The van der Waals surface area contributed by atoms with Crippen molar-refractivity contribution in [3.8, 4) is 0 Å². The SMILES string of the molecule is CCSCCC(CNC)Cc1ccccc1Br. The van der Waals surface area contributed by atoms with E-state index in [1.54, 1.807) is 0 Å². The maximum atomic E-state index is 3.63. The number of nitrogens with one attached hydrogen (secondary N) is 1. The van der Waals surface area contributed by atoms with Crippen molar-refractivity contribution < 1.29 is 0 Å². The third-order valence-electron chi connectivity index (χ3n) is 2.83. The van der Waals surface area contributed by atoms with E-state index in [9.17, 15) is 0 Å². The van der Waals surface area contributed by atoms with E-state index in [-0.39, 0.29) is 0 Å². The number of hydrogen-bond donors (Lipinski definition) is 1. The molecule has 0 spiro atoms. The van der Waals surface area contributed by atoms with Gasteiger partial charge in [-0.3, -0.25) is 0 Å². The van der Waals surface area contributed by atoms with Gasteiger partial charge in [0, 0.05) is 4.47 Å². The summed E-state index contributed by atoms with van der Waals surface area (Å²) in [6, 6.07) is 8.55. The number of rotatable bonds is 8. The summed E-state index contributed by atoms with van der Waals surface area (Å²) in [6.45, 7) is 3.33. The molecule has 0 aromatic heterocycles. The monoisotopic (exact) mass is 315 g/mol. The molecule has 1 N–H and O–H groups in total. The maximum absolute atomic E-state index is 3.63. The molecule has 0 heterocycles. The van der Waals surface area contributed by atoms with Crippen molar-refractivity contribution in [3.63, 3.8) is 0 Å². The minimum absolute atomic E-state index is 0.734. The molecule has 0 saturated heterocycles. The Morgan fingerprint density at radius 1 is 1.35 bits per heavy atom. The maximum Gasteiger partial charge on any atom is 0.0207 e. The molecule has 1 aromatic carbocycles. The third-order valence-corrected chi connectivity index (χ3v) is 4.54. The quantitative estimate of drug-likeness (QED) is 0.728. The summed E-state index contributed by atoms with van der Waals surface area (Å²) in [5, 5.41) is 3.31. The van der Waals surface area contributed by atoms with Gasteiger partial charge in [-0.2, -0.15) is 11.8 Å². The predicted octanol–water partition coefficient (Wildman–Crippen LogP) is 3.97. The van der Waals surface area contributed by atoms with Crippen LogP contribution in [0.2, 0.25) is 0 Å². The first-order valence-corrected chi connectivity index (χ1v) is 8.18. The van der Waals surface area contributed by atoms with E-state index in [2.05, 4.69) is 52.4 Å². The van der Waals surface area contributed by atoms with E-state index in [4.69, 9.17) is 0 Å². The van der Waals surface area contributed by atoms with Gasteiger partial charge in [0.2, 0.25) is 0 Å². The van der Waals surface area contributed by atoms with Crippen LogP contribution in [-0.2, 0) is 6.42 Å². The van der Waals surface area contributed by atoms with Crippen LogP contribution in [0.5, 0.6) is 0 Å². The molecular formula is C14H22BrNS. The number of thioether (sulfide) groups is 1. The normalized spacial score (nSPS) is 12.6. The highest BCUT2D eigenvalue weighted by atomic mass is 79.9. The third kappa shape index (κ3) is 5.94. The van der Waals surface area contributed by atoms with Gasteiger partial charge >= 0.3 is 0 Å². The van der Waals surface area contributed by atoms with Gasteiger partial charge in [0.1, 0.15) is 0 Å². The molecule has 0 aliphatic carbocycles. The molecule has 1 aromatic rings. The molecule has 17 heavy (non-hydrogen) atoms. The molecule has 3 heteroatoms. The minimum atomic E-state index is 0.734. The first-order valence-electron chi connectivity index (χ1n) is 6.23. The molecule has 0 aliphatic rings. The molecular weight excluding hydrogens is 294 g/mol. The fourth-order valence-electron chi connectivity index (χ4n) is 1.93. The Morgan fingerprint density at radius 2 is 2.12 bits per heavy atom. The second-order valence-electron chi connectivity index (χ2n) is 4.20. The highest BCUT2D eigenvalue weighted by Gasteiger charge is 2.10. The van der Waals surface area contributed by atoms with Gasteiger partial charge in [-0.15, -0.1) is 0 Å². The lowest BCUT2D eigenvalue weighted by molar-refractivity contribution is 0.484. The fourth-order valence-corrected chi connectivity index (χ4v) is 3.17. The molecule has 0 saturated carbocycles. The van der Waals surface area contributed by atoms with Gasteiger partial charge in [-0.1, -0.05) is 41.1 Å². The zero-order valence-electron chi connectivity index (χ0n) is 10.7. The zero-order valence-corrected chi connectivity index (χ0v) is 13.1. The molecule has 0 radical (unpaired) electrons. The summed E-state index contributed by atoms with van der Waals surface area (Å²) in [5.41, 5.74) is 1.43. The van der Waals surface area contributed by atoms with E-state index >= 15 is 0 Å². The Hall–Kier alpha value is 0.01000. The largest absolute Gasteiger partial charge is 0.319 e. The van der Waals surface area contributed by atoms with Gasteiger partial charge in [0.05, 0.1) is 0 Å². The first-order chi connectivity index (χ1) is 8.27. The lowest BCUT2D eigenvalue weighted by atomic mass is 9.97. The molecule has 0 aliphatic heterocycles. The summed E-state index contributed by atoms with van der Waals surface area (Å²) >= 11 is 5.67. The Balaban J connectivity index is 2.50. The Bertz CT molecular complexity index is 317. The predicted molar refractivity (Wildman–Crippen MR) is 82.9 cm³/mol. The van der Waals surface area contributed by atoms with Crippen LogP contribution >= 0.6 is 27.7 Å². The Morgan fingerprint density at radius 3 is 2.76 bits per heavy atom. The van der Waals surface area contributed by atoms with Crippen LogP contribution in [0.25, 0.3) is 0 Å². The van der Waals surface area contributed by atoms with Gasteiger partial charge in [0.25, 0.3) is 0 Å². The Labute approximate surface area is 118 Å². The minimum Gasteiger partial charge on any atom is -0.319 e. The molecule has 0 amide bonds. The topological polar surface area (TPSA) is 12.0 Å². The molecule has 1 nitrogen and oxygen atoms in total. The van der Waals surface area contributed by atoms with E-state index in [0.29, 0.717) is 0 Å². The van der Waals surface area contributed by atoms with E-state index < -0.39 is 0 Å². The standard InChI is InChI=1S/C14H22BrNS/c1-3-17-9-8-12(11-16-2)10-13-6-4-5-7-14(13)15/h4-7,12,16H,3,8-11H2,1-2H3. The van der Waals surface area contributed by atoms with Crippen molar-refractivity contribution in [2.24, 2.45) is 5.92 Å². The Kier molecular flexibility index (Phi) is 7.99. The van der Waals surface area contributed by atoms with Crippen molar-refractivity contribution in [2.45, 2.75) is 19.8 Å². The fraction of sp³-hybridized carbons (Fsp3) is 0.571. The summed E-state index contributed by atoms with van der Waals surface area (Å²) in [4.78, 5) is 0. The number of halogens is 1. The summed E-state index contributed by atoms with van der Waals surface area (Å²) < 4.78 is 1.24. The molecule has 1 unspecified atom stereocenters. The summed E-state index contributed by atoms with van der Waals surface area (Å²) in [7, 11) is 2.04. The van der Waals surface area contributed by atoms with Crippen LogP contribution in [0, 0.1) is 5.92 Å². The molecule has 0 bridgehead atoms. The van der Waals surface area contributed by atoms with Gasteiger partial charge in [0.15, 0.2) is 0 Å². The molecule has 0 fully saturated rings. The number of benzene rings is 1. The smallest absolute Gasteiger partial charge is 0.0207 e. The summed E-state index contributed by atoms with van der Waals surface area (Å²) in [6.07, 6.45) is 2.45. The van der Waals surface area contributed by atoms with Gasteiger partial charge in [-0.05, 0) is 55.5 Å². The van der Waals surface area contributed by atoms with Crippen LogP contribution in [0.1, 0.15) is 18.9 Å². The van der Waals surface area contributed by atoms with Crippen LogP contribution in [0.15, 0.2) is 28.7 Å². The van der Waals surface area contributed by atoms with Crippen LogP contribution in [0.3, 0.4) is 0 Å². The molecule has 1 rings (SSSR count). The number of hydrogen-bond acceptors (Lipinski definition) is 2. The van der Waals surface area contributed by atoms with E-state index in [1.807, 2.05) is 18.8 Å². The molecule has 1 atom stereocenters. The lowest BCUT2D eigenvalue weighted by Crippen LogP contribution is -2.21. The van der Waals surface area contributed by atoms with Crippen molar-refractivity contribution in [2.75, 3.05) is 25.1 Å². The van der Waals surface area contributed by atoms with Crippen LogP contribution < -0.4 is 5.32 Å². The average Bonchev–Trinajstić information content (AvgIpc) is 2.32. The van der Waals surface area contributed by atoms with Crippen molar-refractivity contribution >= 4 is 27.7 Å². The highest BCUT2D eigenvalue weighted by Crippen LogP contribution is 2.21. The zero-order chi connectivity index (χ0) is 12.5.